The van der Waals surface area contributed by atoms with Crippen LogP contribution in [0.25, 0.3) is 0 Å². The van der Waals surface area contributed by atoms with Gasteiger partial charge in [-0.2, -0.15) is 0 Å². The molecule has 0 aromatic heterocycles. The Labute approximate surface area is 130 Å². The molecule has 118 valence electrons. The maximum atomic E-state index is 12.3. The minimum atomic E-state index is -0.389. The van der Waals surface area contributed by atoms with E-state index in [4.69, 9.17) is 4.74 Å². The molecule has 0 radical (unpaired) electrons. The van der Waals surface area contributed by atoms with Crippen molar-refractivity contribution in [2.24, 2.45) is 5.92 Å². The molecular formula is C17H22N2O3. The first kappa shape index (κ1) is 14.9. The Kier molecular flexibility index (Phi) is 3.81. The highest BCUT2D eigenvalue weighted by Gasteiger charge is 2.48. The van der Waals surface area contributed by atoms with E-state index in [2.05, 4.69) is 11.4 Å². The standard InChI is InChI=1S/C17H22N2O3/c1-4-14(20)19-8-7-11-15(17(21)22-3)18-13-6-5-10(2)9-12(13)16(11)19/h5-6,9,11,15-16,18H,4,7-8H2,1-3H3/t11-,15+,16-/m0/s1. The molecule has 1 aromatic rings. The summed E-state index contributed by atoms with van der Waals surface area (Å²) in [6.45, 7) is 4.62. The highest BCUT2D eigenvalue weighted by molar-refractivity contribution is 5.83. The topological polar surface area (TPSA) is 58.6 Å². The van der Waals surface area contributed by atoms with Crippen LogP contribution in [0.1, 0.15) is 36.9 Å². The van der Waals surface area contributed by atoms with Crippen LogP contribution in [0.2, 0.25) is 0 Å². The van der Waals surface area contributed by atoms with Crippen molar-refractivity contribution in [2.75, 3.05) is 19.0 Å². The van der Waals surface area contributed by atoms with E-state index in [1.807, 2.05) is 30.9 Å². The number of nitrogens with one attached hydrogen (secondary N) is 1. The van der Waals surface area contributed by atoms with Gasteiger partial charge in [0.25, 0.3) is 0 Å². The molecule has 1 amide bonds. The molecular weight excluding hydrogens is 280 g/mol. The molecule has 0 saturated carbocycles. The highest BCUT2D eigenvalue weighted by Crippen LogP contribution is 2.47. The summed E-state index contributed by atoms with van der Waals surface area (Å²) in [5.41, 5.74) is 3.20. The summed E-state index contributed by atoms with van der Waals surface area (Å²) in [6, 6.07) is 5.70. The van der Waals surface area contributed by atoms with Gasteiger partial charge in [-0.25, -0.2) is 4.79 Å². The van der Waals surface area contributed by atoms with E-state index >= 15 is 0 Å². The van der Waals surface area contributed by atoms with Gasteiger partial charge in [0.15, 0.2) is 0 Å². The Hall–Kier alpha value is -2.04. The van der Waals surface area contributed by atoms with Crippen molar-refractivity contribution in [3.8, 4) is 0 Å². The third-order valence-electron chi connectivity index (χ3n) is 4.79. The minimum Gasteiger partial charge on any atom is -0.467 e. The number of likely N-dealkylation sites (tertiary alicyclic amines) is 1. The van der Waals surface area contributed by atoms with Crippen LogP contribution in [0.15, 0.2) is 18.2 Å². The second-order valence-electron chi connectivity index (χ2n) is 6.07. The zero-order valence-corrected chi connectivity index (χ0v) is 13.3. The van der Waals surface area contributed by atoms with Crippen molar-refractivity contribution in [3.63, 3.8) is 0 Å². The van der Waals surface area contributed by atoms with E-state index in [0.717, 1.165) is 23.2 Å². The molecule has 0 bridgehead atoms. The molecule has 22 heavy (non-hydrogen) atoms. The number of methoxy groups -OCH3 is 1. The zero-order valence-electron chi connectivity index (χ0n) is 13.3. The highest BCUT2D eigenvalue weighted by atomic mass is 16.5. The van der Waals surface area contributed by atoms with Gasteiger partial charge in [0.2, 0.25) is 5.91 Å². The number of benzene rings is 1. The van der Waals surface area contributed by atoms with E-state index in [-0.39, 0.29) is 29.9 Å². The fourth-order valence-electron chi connectivity index (χ4n) is 3.74. The molecule has 2 heterocycles. The van der Waals surface area contributed by atoms with Gasteiger partial charge >= 0.3 is 5.97 Å². The summed E-state index contributed by atoms with van der Waals surface area (Å²) in [4.78, 5) is 26.4. The monoisotopic (exact) mass is 302 g/mol. The minimum absolute atomic E-state index is 0.0345. The normalized spacial score (nSPS) is 26.0. The van der Waals surface area contributed by atoms with Gasteiger partial charge in [-0.05, 0) is 25.0 Å². The number of ether oxygens (including phenoxy) is 1. The Morgan fingerprint density at radius 1 is 1.41 bits per heavy atom. The number of nitrogens with zero attached hydrogens (tertiary/aromatic N) is 1. The van der Waals surface area contributed by atoms with Crippen LogP contribution in [0.3, 0.4) is 0 Å². The lowest BCUT2D eigenvalue weighted by atomic mass is 9.82. The van der Waals surface area contributed by atoms with Gasteiger partial charge in [-0.1, -0.05) is 24.6 Å². The number of rotatable bonds is 2. The van der Waals surface area contributed by atoms with Gasteiger partial charge < -0.3 is 15.0 Å². The lowest BCUT2D eigenvalue weighted by Gasteiger charge is -2.38. The molecule has 0 spiro atoms. The predicted molar refractivity (Wildman–Crippen MR) is 83.5 cm³/mol. The lowest BCUT2D eigenvalue weighted by Crippen LogP contribution is -2.45. The largest absolute Gasteiger partial charge is 0.467 e. The fourth-order valence-corrected chi connectivity index (χ4v) is 3.74. The number of amides is 1. The predicted octanol–water partition coefficient (Wildman–Crippen LogP) is 2.26. The van der Waals surface area contributed by atoms with E-state index in [1.54, 1.807) is 0 Å². The summed E-state index contributed by atoms with van der Waals surface area (Å²) in [7, 11) is 1.41. The average Bonchev–Trinajstić information content (AvgIpc) is 2.98. The molecule has 2 aliphatic heterocycles. The number of hydrogen-bond acceptors (Lipinski definition) is 4. The van der Waals surface area contributed by atoms with Crippen molar-refractivity contribution in [1.82, 2.24) is 4.90 Å². The average molecular weight is 302 g/mol. The molecule has 0 unspecified atom stereocenters. The number of esters is 1. The van der Waals surface area contributed by atoms with Crippen LogP contribution in [-0.2, 0) is 14.3 Å². The molecule has 5 nitrogen and oxygen atoms in total. The van der Waals surface area contributed by atoms with Crippen molar-refractivity contribution < 1.29 is 14.3 Å². The fraction of sp³-hybridized carbons (Fsp3) is 0.529. The number of aryl methyl sites for hydroxylation is 1. The van der Waals surface area contributed by atoms with Gasteiger partial charge in [0, 0.05) is 24.6 Å². The number of anilines is 1. The maximum Gasteiger partial charge on any atom is 0.328 e. The molecule has 1 N–H and O–H groups in total. The van der Waals surface area contributed by atoms with Gasteiger partial charge in [0.05, 0.1) is 13.2 Å². The number of carbonyl (C=O) groups is 2. The van der Waals surface area contributed by atoms with Crippen molar-refractivity contribution in [2.45, 2.75) is 38.8 Å². The van der Waals surface area contributed by atoms with E-state index in [9.17, 15) is 9.59 Å². The second-order valence-corrected chi connectivity index (χ2v) is 6.07. The molecule has 1 fully saturated rings. The summed E-state index contributed by atoms with van der Waals surface area (Å²) >= 11 is 0. The third-order valence-corrected chi connectivity index (χ3v) is 4.79. The van der Waals surface area contributed by atoms with Crippen LogP contribution in [-0.4, -0.2) is 36.5 Å². The molecule has 3 atom stereocenters. The van der Waals surface area contributed by atoms with Gasteiger partial charge in [0.1, 0.15) is 6.04 Å². The van der Waals surface area contributed by atoms with E-state index in [1.165, 1.54) is 7.11 Å². The molecule has 5 heteroatoms. The molecule has 1 saturated heterocycles. The summed E-state index contributed by atoms with van der Waals surface area (Å²) in [5.74, 6) is -0.0465. The Morgan fingerprint density at radius 2 is 2.18 bits per heavy atom. The van der Waals surface area contributed by atoms with Crippen LogP contribution in [0.5, 0.6) is 0 Å². The van der Waals surface area contributed by atoms with E-state index in [0.29, 0.717) is 13.0 Å². The zero-order chi connectivity index (χ0) is 15.9. The quantitative estimate of drug-likeness (QED) is 0.851. The first-order valence-electron chi connectivity index (χ1n) is 7.81. The van der Waals surface area contributed by atoms with Gasteiger partial charge in [-0.3, -0.25) is 4.79 Å². The summed E-state index contributed by atoms with van der Waals surface area (Å²) in [6.07, 6.45) is 1.30. The smallest absolute Gasteiger partial charge is 0.328 e. The van der Waals surface area contributed by atoms with Crippen molar-refractivity contribution in [1.29, 1.82) is 0 Å². The summed E-state index contributed by atoms with van der Waals surface area (Å²) < 4.78 is 4.95. The van der Waals surface area contributed by atoms with Crippen LogP contribution < -0.4 is 5.32 Å². The van der Waals surface area contributed by atoms with Crippen molar-refractivity contribution >= 4 is 17.6 Å². The lowest BCUT2D eigenvalue weighted by molar-refractivity contribution is -0.144. The van der Waals surface area contributed by atoms with Crippen molar-refractivity contribution in [3.05, 3.63) is 29.3 Å². The second kappa shape index (κ2) is 5.63. The first-order valence-corrected chi connectivity index (χ1v) is 7.81. The summed E-state index contributed by atoms with van der Waals surface area (Å²) in [5, 5.41) is 3.31. The number of fused-ring (bicyclic) bond motifs is 3. The van der Waals surface area contributed by atoms with E-state index < -0.39 is 0 Å². The Morgan fingerprint density at radius 3 is 2.86 bits per heavy atom. The first-order chi connectivity index (χ1) is 10.6. The number of hydrogen-bond donors (Lipinski definition) is 1. The van der Waals surface area contributed by atoms with Crippen LogP contribution in [0, 0.1) is 12.8 Å². The number of carbonyl (C=O) groups excluding carboxylic acids is 2. The molecule has 3 rings (SSSR count). The van der Waals surface area contributed by atoms with Crippen LogP contribution >= 0.6 is 0 Å². The Balaban J connectivity index is 2.06. The molecule has 0 aliphatic carbocycles. The molecule has 1 aromatic carbocycles. The molecule has 2 aliphatic rings. The van der Waals surface area contributed by atoms with Gasteiger partial charge in [-0.15, -0.1) is 0 Å². The third kappa shape index (κ3) is 2.25. The SMILES string of the molecule is CCC(=O)N1CC[C@@H]2[C@H]1c1cc(C)ccc1N[C@H]2C(=O)OC. The van der Waals surface area contributed by atoms with Crippen LogP contribution in [0.4, 0.5) is 5.69 Å². The maximum absolute atomic E-state index is 12.3. The Bertz CT molecular complexity index is 614.